The van der Waals surface area contributed by atoms with E-state index in [4.69, 9.17) is 22.6 Å². The van der Waals surface area contributed by atoms with E-state index < -0.39 is 24.0 Å². The van der Waals surface area contributed by atoms with Crippen LogP contribution in [-0.4, -0.2) is 22.2 Å². The molecule has 0 amide bonds. The Hall–Kier alpha value is -4.66. The van der Waals surface area contributed by atoms with E-state index in [1.807, 2.05) is 38.1 Å². The number of ether oxygens (including phenoxy) is 2. The van der Waals surface area contributed by atoms with Gasteiger partial charge in [0, 0.05) is 35.4 Å². The SMILES string of the molecule is [C-]#[N+]/C(C#N)=C1\C2Oc3ncc(C)cc3C2/C(=C(/C#N)[N+]#[C-])C2Oc3ncc(C)cc3C12. The molecule has 0 spiro atoms. The van der Waals surface area contributed by atoms with Crippen LogP contribution < -0.4 is 9.47 Å². The minimum Gasteiger partial charge on any atom is -0.470 e. The van der Waals surface area contributed by atoms with Crippen molar-refractivity contribution in [3.8, 4) is 23.9 Å². The molecule has 3 aliphatic rings. The van der Waals surface area contributed by atoms with E-state index in [1.54, 1.807) is 12.4 Å². The molecule has 0 saturated heterocycles. The first-order valence-corrected chi connectivity index (χ1v) is 9.82. The third-order valence-electron chi connectivity index (χ3n) is 6.05. The van der Waals surface area contributed by atoms with E-state index in [0.29, 0.717) is 34.0 Å². The van der Waals surface area contributed by atoms with Crippen LogP contribution in [0.25, 0.3) is 9.69 Å². The Balaban J connectivity index is 1.87. The van der Waals surface area contributed by atoms with Gasteiger partial charge in [0.2, 0.25) is 11.8 Å². The van der Waals surface area contributed by atoms with Crippen LogP contribution in [0.3, 0.4) is 0 Å². The van der Waals surface area contributed by atoms with Gasteiger partial charge in [-0.25, -0.2) is 30.2 Å². The fourth-order valence-electron chi connectivity index (χ4n) is 4.88. The van der Waals surface area contributed by atoms with Gasteiger partial charge in [-0.1, -0.05) is 0 Å². The molecule has 0 N–H and O–H groups in total. The standard InChI is InChI=1S/C24H14N6O2/c1-11-5-13-17-19(15(7-25)27-3)22-18(14-6-12(2)10-30-24(14)32-22)20(16(8-26)28-4)21(17)31-23(13)29-9-11/h5-6,9-10,17-18,21-22H,1-2H3/b19-15-,20-16+. The normalized spacial score (nSPS) is 26.9. The summed E-state index contributed by atoms with van der Waals surface area (Å²) in [4.78, 5) is 15.7. The highest BCUT2D eigenvalue weighted by Crippen LogP contribution is 2.59. The van der Waals surface area contributed by atoms with E-state index in [-0.39, 0.29) is 11.4 Å². The first-order chi connectivity index (χ1) is 15.5. The smallest absolute Gasteiger partial charge is 0.265 e. The lowest BCUT2D eigenvalue weighted by atomic mass is 9.67. The molecule has 0 aromatic carbocycles. The number of hydrogen-bond acceptors (Lipinski definition) is 6. The Morgan fingerprint density at radius 2 is 1.25 bits per heavy atom. The predicted molar refractivity (Wildman–Crippen MR) is 111 cm³/mol. The van der Waals surface area contributed by atoms with Crippen LogP contribution in [-0.2, 0) is 0 Å². The minimum atomic E-state index is -0.750. The third kappa shape index (κ3) is 2.51. The van der Waals surface area contributed by atoms with Crippen molar-refractivity contribution in [1.29, 1.82) is 10.5 Å². The van der Waals surface area contributed by atoms with Gasteiger partial charge in [-0.05, 0) is 48.3 Å². The van der Waals surface area contributed by atoms with Crippen LogP contribution in [0, 0.1) is 49.7 Å². The molecule has 0 bridgehead atoms. The highest BCUT2D eigenvalue weighted by molar-refractivity contribution is 5.62. The highest BCUT2D eigenvalue weighted by Gasteiger charge is 2.57. The molecule has 1 saturated carbocycles. The van der Waals surface area contributed by atoms with E-state index in [9.17, 15) is 10.5 Å². The Labute approximate surface area is 184 Å². The average molecular weight is 418 g/mol. The van der Waals surface area contributed by atoms with Gasteiger partial charge in [-0.2, -0.15) is 0 Å². The maximum Gasteiger partial charge on any atom is 0.265 e. The molecular formula is C24H14N6O2. The number of nitriles is 2. The molecule has 0 radical (unpaired) electrons. The van der Waals surface area contributed by atoms with E-state index in [2.05, 4.69) is 19.7 Å². The summed E-state index contributed by atoms with van der Waals surface area (Å²) >= 11 is 0. The second kappa shape index (κ2) is 6.95. The summed E-state index contributed by atoms with van der Waals surface area (Å²) in [6.07, 6.45) is 1.84. The fraction of sp³-hybridized carbons (Fsp3) is 0.250. The van der Waals surface area contributed by atoms with E-state index in [0.717, 1.165) is 11.1 Å². The molecule has 2 aromatic rings. The van der Waals surface area contributed by atoms with Gasteiger partial charge in [0.05, 0.1) is 25.3 Å². The topological polar surface area (TPSA) is 101 Å². The summed E-state index contributed by atoms with van der Waals surface area (Å²) in [5.41, 5.74) is 3.98. The molecule has 2 aromatic heterocycles. The van der Waals surface area contributed by atoms with Gasteiger partial charge in [0.1, 0.15) is 12.2 Å². The molecule has 4 unspecified atom stereocenters. The molecule has 4 atom stereocenters. The van der Waals surface area contributed by atoms with Gasteiger partial charge < -0.3 is 9.47 Å². The summed E-state index contributed by atoms with van der Waals surface area (Å²) in [5, 5.41) is 19.6. The zero-order valence-electron chi connectivity index (χ0n) is 17.1. The van der Waals surface area contributed by atoms with Gasteiger partial charge in [-0.3, -0.25) is 0 Å². The van der Waals surface area contributed by atoms with Crippen molar-refractivity contribution in [2.75, 3.05) is 0 Å². The quantitative estimate of drug-likeness (QED) is 0.475. The Kier molecular flexibility index (Phi) is 4.19. The average Bonchev–Trinajstić information content (AvgIpc) is 3.34. The van der Waals surface area contributed by atoms with Crippen molar-refractivity contribution >= 4 is 0 Å². The predicted octanol–water partition coefficient (Wildman–Crippen LogP) is 3.89. The fourth-order valence-corrected chi connectivity index (χ4v) is 4.88. The second-order valence-electron chi connectivity index (χ2n) is 7.90. The number of allylic oxidation sites excluding steroid dienone is 2. The minimum absolute atomic E-state index is 0.0853. The van der Waals surface area contributed by atoms with Crippen LogP contribution in [0.15, 0.2) is 47.1 Å². The molecule has 2 aliphatic heterocycles. The van der Waals surface area contributed by atoms with Crippen molar-refractivity contribution in [3.05, 3.63) is 92.2 Å². The lowest BCUT2D eigenvalue weighted by Gasteiger charge is -2.38. The molecule has 8 heteroatoms. The summed E-state index contributed by atoms with van der Waals surface area (Å²) in [7, 11) is 0. The Bertz CT molecular complexity index is 1280. The lowest BCUT2D eigenvalue weighted by Crippen LogP contribution is -2.41. The number of aromatic nitrogens is 2. The third-order valence-corrected chi connectivity index (χ3v) is 6.05. The van der Waals surface area contributed by atoms with E-state index >= 15 is 0 Å². The first kappa shape index (κ1) is 19.3. The second-order valence-corrected chi connectivity index (χ2v) is 7.90. The molecule has 1 fully saturated rings. The molecule has 5 rings (SSSR count). The molecule has 32 heavy (non-hydrogen) atoms. The number of rotatable bonds is 0. The van der Waals surface area contributed by atoms with Crippen molar-refractivity contribution in [1.82, 2.24) is 9.97 Å². The molecule has 1 aliphatic carbocycles. The highest BCUT2D eigenvalue weighted by atomic mass is 16.5. The molecule has 8 nitrogen and oxygen atoms in total. The number of aryl methyl sites for hydroxylation is 2. The Morgan fingerprint density at radius 3 is 1.59 bits per heavy atom. The lowest BCUT2D eigenvalue weighted by molar-refractivity contribution is 0.165. The first-order valence-electron chi connectivity index (χ1n) is 9.82. The largest absolute Gasteiger partial charge is 0.470 e. The summed E-state index contributed by atoms with van der Waals surface area (Å²) in [6, 6.07) is 7.82. The van der Waals surface area contributed by atoms with Gasteiger partial charge in [-0.15, -0.1) is 0 Å². The summed E-state index contributed by atoms with van der Waals surface area (Å²) in [6.45, 7) is 19.0. The van der Waals surface area contributed by atoms with Crippen LogP contribution in [0.5, 0.6) is 11.8 Å². The van der Waals surface area contributed by atoms with Crippen molar-refractivity contribution in [2.45, 2.75) is 37.9 Å². The monoisotopic (exact) mass is 418 g/mol. The molecule has 152 valence electrons. The maximum absolute atomic E-state index is 9.79. The Morgan fingerprint density at radius 1 is 0.844 bits per heavy atom. The van der Waals surface area contributed by atoms with E-state index in [1.165, 1.54) is 0 Å². The number of nitrogens with zero attached hydrogens (tertiary/aromatic N) is 6. The van der Waals surface area contributed by atoms with Crippen molar-refractivity contribution < 1.29 is 9.47 Å². The van der Waals surface area contributed by atoms with Crippen molar-refractivity contribution in [2.24, 2.45) is 0 Å². The molecular weight excluding hydrogens is 404 g/mol. The number of pyridine rings is 2. The van der Waals surface area contributed by atoms with Gasteiger partial charge in [0.15, 0.2) is 0 Å². The van der Waals surface area contributed by atoms with Crippen LogP contribution >= 0.6 is 0 Å². The molecule has 4 heterocycles. The van der Waals surface area contributed by atoms with Crippen molar-refractivity contribution in [3.63, 3.8) is 0 Å². The van der Waals surface area contributed by atoms with Crippen LogP contribution in [0.2, 0.25) is 0 Å². The van der Waals surface area contributed by atoms with Crippen LogP contribution in [0.1, 0.15) is 34.1 Å². The summed E-state index contributed by atoms with van der Waals surface area (Å²) < 4.78 is 12.4. The number of hydrogen-bond donors (Lipinski definition) is 0. The maximum atomic E-state index is 9.79. The zero-order chi connectivity index (χ0) is 22.6. The van der Waals surface area contributed by atoms with Gasteiger partial charge >= 0.3 is 0 Å². The van der Waals surface area contributed by atoms with Crippen LogP contribution in [0.4, 0.5) is 0 Å². The number of fused-ring (bicyclic) bond motifs is 6. The summed E-state index contributed by atoms with van der Waals surface area (Å²) in [5.74, 6) is -0.406. The zero-order valence-corrected chi connectivity index (χ0v) is 17.1. The van der Waals surface area contributed by atoms with Gasteiger partial charge in [0.25, 0.3) is 11.4 Å².